The standard InChI is InChI=1S/C21H27N5O6/c1-5-25(24-20(30)32-21(2,3)4)12-16(27)26-11-15(17(22)23-19(26)29)18(28)31-13-14-9-7-6-8-10-14/h6-11H,5,12-13H2,1-4H3,(H,24,30)(H2,22,23,29). The number of likely N-dealkylation sites (N-methyl/N-ethyl adjacent to an activating group) is 1. The van der Waals surface area contributed by atoms with Crippen LogP contribution in [0, 0.1) is 0 Å². The Labute approximate surface area is 185 Å². The molecule has 0 fully saturated rings. The SMILES string of the molecule is CCN(CC(=O)n1cc(C(=O)OCc2ccccc2)c(N)nc1=O)NC(=O)OC(C)(C)C. The van der Waals surface area contributed by atoms with Crippen molar-refractivity contribution in [3.05, 3.63) is 58.1 Å². The zero-order valence-corrected chi connectivity index (χ0v) is 18.5. The van der Waals surface area contributed by atoms with E-state index in [0.717, 1.165) is 11.8 Å². The summed E-state index contributed by atoms with van der Waals surface area (Å²) in [6.45, 7) is 6.65. The second-order valence-corrected chi connectivity index (χ2v) is 7.78. The van der Waals surface area contributed by atoms with Crippen molar-refractivity contribution in [2.75, 3.05) is 18.8 Å². The highest BCUT2D eigenvalue weighted by molar-refractivity contribution is 5.94. The molecule has 1 aromatic heterocycles. The van der Waals surface area contributed by atoms with Crippen molar-refractivity contribution in [1.82, 2.24) is 20.0 Å². The molecule has 172 valence electrons. The molecule has 3 N–H and O–H groups in total. The van der Waals surface area contributed by atoms with E-state index in [0.29, 0.717) is 4.57 Å². The van der Waals surface area contributed by atoms with E-state index in [9.17, 15) is 19.2 Å². The highest BCUT2D eigenvalue weighted by Crippen LogP contribution is 2.10. The van der Waals surface area contributed by atoms with Crippen LogP contribution in [0.5, 0.6) is 0 Å². The van der Waals surface area contributed by atoms with Gasteiger partial charge in [-0.3, -0.25) is 10.2 Å². The Kier molecular flexibility index (Phi) is 8.08. The summed E-state index contributed by atoms with van der Waals surface area (Å²) in [5.74, 6) is -1.92. The molecule has 0 saturated carbocycles. The minimum atomic E-state index is -0.958. The van der Waals surface area contributed by atoms with Crippen LogP contribution < -0.4 is 16.8 Å². The van der Waals surface area contributed by atoms with Crippen molar-refractivity contribution < 1.29 is 23.9 Å². The number of carbonyl (C=O) groups is 3. The Balaban J connectivity index is 2.12. The number of carbonyl (C=O) groups excluding carboxylic acids is 3. The van der Waals surface area contributed by atoms with Gasteiger partial charge in [-0.25, -0.2) is 24.0 Å². The van der Waals surface area contributed by atoms with Crippen molar-refractivity contribution in [2.45, 2.75) is 39.9 Å². The number of nitrogens with zero attached hydrogens (tertiary/aromatic N) is 3. The number of hydrogen-bond acceptors (Lipinski definition) is 9. The van der Waals surface area contributed by atoms with Crippen LogP contribution in [-0.2, 0) is 16.1 Å². The molecule has 0 aliphatic carbocycles. The molecule has 0 saturated heterocycles. The van der Waals surface area contributed by atoms with E-state index in [1.165, 1.54) is 5.01 Å². The maximum Gasteiger partial charge on any atom is 0.422 e. The molecule has 1 heterocycles. The summed E-state index contributed by atoms with van der Waals surface area (Å²) in [6, 6.07) is 8.96. The van der Waals surface area contributed by atoms with Gasteiger partial charge < -0.3 is 15.2 Å². The van der Waals surface area contributed by atoms with Gasteiger partial charge in [0.2, 0.25) is 0 Å². The maximum atomic E-state index is 12.7. The fourth-order valence-corrected chi connectivity index (χ4v) is 2.50. The molecule has 11 nitrogen and oxygen atoms in total. The van der Waals surface area contributed by atoms with Crippen molar-refractivity contribution >= 4 is 23.8 Å². The molecule has 32 heavy (non-hydrogen) atoms. The van der Waals surface area contributed by atoms with Gasteiger partial charge in [0.05, 0.1) is 6.54 Å². The number of rotatable bonds is 7. The molecule has 1 amide bonds. The molecule has 0 spiro atoms. The van der Waals surface area contributed by atoms with Gasteiger partial charge in [0, 0.05) is 12.7 Å². The van der Waals surface area contributed by atoms with Gasteiger partial charge in [-0.15, -0.1) is 0 Å². The first-order valence-electron chi connectivity index (χ1n) is 9.88. The average Bonchev–Trinajstić information content (AvgIpc) is 2.70. The van der Waals surface area contributed by atoms with Gasteiger partial charge in [-0.05, 0) is 26.3 Å². The van der Waals surface area contributed by atoms with Crippen molar-refractivity contribution in [3.8, 4) is 0 Å². The normalized spacial score (nSPS) is 11.2. The molecule has 0 aliphatic heterocycles. The lowest BCUT2D eigenvalue weighted by Gasteiger charge is -2.24. The van der Waals surface area contributed by atoms with Crippen LogP contribution in [0.1, 0.15) is 48.4 Å². The molecule has 0 unspecified atom stereocenters. The van der Waals surface area contributed by atoms with E-state index in [4.69, 9.17) is 15.2 Å². The van der Waals surface area contributed by atoms with Gasteiger partial charge in [0.15, 0.2) is 0 Å². The molecule has 1 aromatic carbocycles. The molecule has 0 radical (unpaired) electrons. The first kappa shape index (κ1) is 24.5. The van der Waals surface area contributed by atoms with E-state index in [1.807, 2.05) is 6.07 Å². The lowest BCUT2D eigenvalue weighted by molar-refractivity contribution is 0.0331. The largest absolute Gasteiger partial charge is 0.457 e. The molecule has 0 aliphatic rings. The zero-order chi connectivity index (χ0) is 23.9. The molecular weight excluding hydrogens is 418 g/mol. The first-order valence-corrected chi connectivity index (χ1v) is 9.88. The maximum absolute atomic E-state index is 12.7. The van der Waals surface area contributed by atoms with Crippen LogP contribution >= 0.6 is 0 Å². The van der Waals surface area contributed by atoms with Gasteiger partial charge in [0.1, 0.15) is 23.6 Å². The highest BCUT2D eigenvalue weighted by Gasteiger charge is 2.22. The number of anilines is 1. The first-order chi connectivity index (χ1) is 15.0. The average molecular weight is 445 g/mol. The van der Waals surface area contributed by atoms with Gasteiger partial charge in [-0.2, -0.15) is 4.98 Å². The van der Waals surface area contributed by atoms with Crippen molar-refractivity contribution in [3.63, 3.8) is 0 Å². The minimum absolute atomic E-state index is 0.0182. The zero-order valence-electron chi connectivity index (χ0n) is 18.5. The number of ether oxygens (including phenoxy) is 2. The second kappa shape index (κ2) is 10.5. The van der Waals surface area contributed by atoms with E-state index in [-0.39, 0.29) is 31.1 Å². The summed E-state index contributed by atoms with van der Waals surface area (Å²) in [4.78, 5) is 52.8. The lowest BCUT2D eigenvalue weighted by Crippen LogP contribution is -2.48. The summed E-state index contributed by atoms with van der Waals surface area (Å²) in [5.41, 5.74) is 6.97. The van der Waals surface area contributed by atoms with Gasteiger partial charge in [-0.1, -0.05) is 37.3 Å². The van der Waals surface area contributed by atoms with Crippen LogP contribution in [0.4, 0.5) is 10.6 Å². The Morgan fingerprint density at radius 1 is 1.19 bits per heavy atom. The Morgan fingerprint density at radius 2 is 1.84 bits per heavy atom. The third-order valence-electron chi connectivity index (χ3n) is 4.01. The van der Waals surface area contributed by atoms with Crippen LogP contribution in [0.2, 0.25) is 0 Å². The molecule has 0 bridgehead atoms. The number of benzene rings is 1. The summed E-state index contributed by atoms with van der Waals surface area (Å²) in [7, 11) is 0. The summed E-state index contributed by atoms with van der Waals surface area (Å²) >= 11 is 0. The van der Waals surface area contributed by atoms with Gasteiger partial charge >= 0.3 is 17.8 Å². The summed E-state index contributed by atoms with van der Waals surface area (Å²) < 4.78 is 11.0. The van der Waals surface area contributed by atoms with E-state index < -0.39 is 29.3 Å². The predicted molar refractivity (Wildman–Crippen MR) is 116 cm³/mol. The quantitative estimate of drug-likeness (QED) is 0.479. The topological polar surface area (TPSA) is 146 Å². The third kappa shape index (κ3) is 7.20. The molecule has 2 rings (SSSR count). The molecule has 0 atom stereocenters. The lowest BCUT2D eigenvalue weighted by atomic mass is 10.2. The van der Waals surface area contributed by atoms with Crippen LogP contribution in [0.25, 0.3) is 0 Å². The number of hydrazine groups is 1. The number of nitrogens with one attached hydrogen (secondary N) is 1. The number of nitrogen functional groups attached to an aromatic ring is 1. The Morgan fingerprint density at radius 3 is 2.44 bits per heavy atom. The van der Waals surface area contributed by atoms with Crippen LogP contribution in [-0.4, -0.2) is 51.2 Å². The minimum Gasteiger partial charge on any atom is -0.457 e. The number of hydrogen-bond donors (Lipinski definition) is 2. The van der Waals surface area contributed by atoms with Crippen LogP contribution in [0.3, 0.4) is 0 Å². The number of aromatic nitrogens is 2. The van der Waals surface area contributed by atoms with Crippen molar-refractivity contribution in [1.29, 1.82) is 0 Å². The highest BCUT2D eigenvalue weighted by atomic mass is 16.6. The second-order valence-electron chi connectivity index (χ2n) is 7.78. The monoisotopic (exact) mass is 445 g/mol. The van der Waals surface area contributed by atoms with E-state index in [1.54, 1.807) is 52.0 Å². The number of amides is 1. The number of nitrogens with two attached hydrogens (primary N) is 1. The predicted octanol–water partition coefficient (Wildman–Crippen LogP) is 1.58. The fraction of sp³-hybridized carbons (Fsp3) is 0.381. The van der Waals surface area contributed by atoms with Gasteiger partial charge in [0.25, 0.3) is 5.91 Å². The third-order valence-corrected chi connectivity index (χ3v) is 4.01. The smallest absolute Gasteiger partial charge is 0.422 e. The van der Waals surface area contributed by atoms with E-state index >= 15 is 0 Å². The number of esters is 1. The Hall–Kier alpha value is -3.73. The molecular formula is C21H27N5O6. The molecule has 11 heteroatoms. The summed E-state index contributed by atoms with van der Waals surface area (Å²) in [5, 5.41) is 1.26. The summed E-state index contributed by atoms with van der Waals surface area (Å²) in [6.07, 6.45) is 0.238. The molecule has 2 aromatic rings. The van der Waals surface area contributed by atoms with E-state index in [2.05, 4.69) is 10.4 Å². The van der Waals surface area contributed by atoms with Crippen LogP contribution in [0.15, 0.2) is 41.3 Å². The van der Waals surface area contributed by atoms with Crippen molar-refractivity contribution in [2.24, 2.45) is 0 Å². The fourth-order valence-electron chi connectivity index (χ4n) is 2.50. The Bertz CT molecular complexity index is 1030.